The quantitative estimate of drug-likeness (QED) is 0.659. The van der Waals surface area contributed by atoms with Crippen LogP contribution in [-0.2, 0) is 17.7 Å². The highest BCUT2D eigenvalue weighted by Gasteiger charge is 2.38. The molecule has 0 radical (unpaired) electrons. The van der Waals surface area contributed by atoms with Gasteiger partial charge in [-0.15, -0.1) is 0 Å². The molecule has 7 nitrogen and oxygen atoms in total. The highest BCUT2D eigenvalue weighted by Crippen LogP contribution is 2.40. The summed E-state index contributed by atoms with van der Waals surface area (Å²) in [6, 6.07) is 3.53. The number of aromatic nitrogens is 1. The minimum absolute atomic E-state index is 0.183. The Hall–Kier alpha value is -2.06. The molecule has 33 heavy (non-hydrogen) atoms. The molecular weight excluding hydrogens is 467 g/mol. The summed E-state index contributed by atoms with van der Waals surface area (Å²) in [5.41, 5.74) is 1.96. The van der Waals surface area contributed by atoms with Crippen LogP contribution in [0.4, 0.5) is 0 Å². The predicted molar refractivity (Wildman–Crippen MR) is 127 cm³/mol. The number of H-pyrrole nitrogens is 1. The van der Waals surface area contributed by atoms with E-state index < -0.39 is 5.60 Å². The molecule has 178 valence electrons. The number of fused-ring (bicyclic) bond motifs is 1. The van der Waals surface area contributed by atoms with E-state index in [4.69, 9.17) is 32.7 Å². The van der Waals surface area contributed by atoms with Gasteiger partial charge < -0.3 is 24.5 Å². The van der Waals surface area contributed by atoms with Gasteiger partial charge in [0.1, 0.15) is 11.9 Å². The number of pyridine rings is 1. The second-order valence-corrected chi connectivity index (χ2v) is 10.2. The Kier molecular flexibility index (Phi) is 6.53. The molecule has 1 aromatic heterocycles. The number of aromatic amines is 1. The van der Waals surface area contributed by atoms with Crippen molar-refractivity contribution in [1.82, 2.24) is 9.88 Å². The predicted octanol–water partition coefficient (Wildman–Crippen LogP) is 3.80. The molecule has 1 fully saturated rings. The molecule has 3 heterocycles. The van der Waals surface area contributed by atoms with Gasteiger partial charge in [0.15, 0.2) is 0 Å². The Balaban J connectivity index is 1.60. The molecule has 0 spiro atoms. The summed E-state index contributed by atoms with van der Waals surface area (Å²) in [6.45, 7) is 7.98. The lowest BCUT2D eigenvalue weighted by Crippen LogP contribution is -2.39. The second-order valence-electron chi connectivity index (χ2n) is 9.40. The third-order valence-corrected chi connectivity index (χ3v) is 7.01. The largest absolute Gasteiger partial charge is 0.486 e. The smallest absolute Gasteiger partial charge is 0.256 e. The van der Waals surface area contributed by atoms with Crippen LogP contribution in [0.15, 0.2) is 16.9 Å². The van der Waals surface area contributed by atoms with E-state index in [1.807, 2.05) is 19.9 Å². The van der Waals surface area contributed by atoms with Crippen LogP contribution in [-0.4, -0.2) is 51.9 Å². The van der Waals surface area contributed by atoms with Crippen molar-refractivity contribution in [2.24, 2.45) is 0 Å². The summed E-state index contributed by atoms with van der Waals surface area (Å²) in [6.07, 6.45) is 0.332. The fraction of sp³-hybridized carbons (Fsp3) is 0.500. The zero-order chi connectivity index (χ0) is 24.1. The lowest BCUT2D eigenvalue weighted by molar-refractivity contribution is -0.0602. The number of amides is 1. The van der Waals surface area contributed by atoms with E-state index in [0.717, 1.165) is 11.3 Å². The molecule has 9 heteroatoms. The van der Waals surface area contributed by atoms with Crippen LogP contribution in [0, 0.1) is 13.8 Å². The van der Waals surface area contributed by atoms with Crippen molar-refractivity contribution in [1.29, 1.82) is 0 Å². The third-order valence-electron chi connectivity index (χ3n) is 6.30. The number of aliphatic hydroxyl groups is 1. The van der Waals surface area contributed by atoms with Crippen molar-refractivity contribution in [2.45, 2.75) is 64.9 Å². The summed E-state index contributed by atoms with van der Waals surface area (Å²) in [5.74, 6) is 0.0231. The third kappa shape index (κ3) is 4.78. The van der Waals surface area contributed by atoms with Gasteiger partial charge in [-0.05, 0) is 51.3 Å². The average Bonchev–Trinajstić information content (AvgIpc) is 3.18. The minimum atomic E-state index is -0.988. The molecule has 2 aliphatic heterocycles. The number of nitrogens with zero attached hydrogens (tertiary/aromatic N) is 1. The lowest BCUT2D eigenvalue weighted by atomic mass is 9.97. The molecule has 1 amide bonds. The van der Waals surface area contributed by atoms with E-state index in [1.54, 1.807) is 24.8 Å². The highest BCUT2D eigenvalue weighted by atomic mass is 35.5. The highest BCUT2D eigenvalue weighted by molar-refractivity contribution is 6.38. The van der Waals surface area contributed by atoms with Crippen LogP contribution in [0.3, 0.4) is 0 Å². The van der Waals surface area contributed by atoms with Crippen molar-refractivity contribution in [3.05, 3.63) is 60.5 Å². The number of carbonyl (C=O) groups is 1. The molecule has 0 saturated carbocycles. The molecular formula is C24H28Cl2N2O5. The Morgan fingerprint density at radius 2 is 2.00 bits per heavy atom. The van der Waals surface area contributed by atoms with Crippen LogP contribution < -0.4 is 10.3 Å². The van der Waals surface area contributed by atoms with Crippen molar-refractivity contribution in [3.8, 4) is 5.75 Å². The average molecular weight is 495 g/mol. The fourth-order valence-corrected chi connectivity index (χ4v) is 5.05. The first-order chi connectivity index (χ1) is 15.5. The van der Waals surface area contributed by atoms with Crippen LogP contribution in [0.1, 0.15) is 53.0 Å². The van der Waals surface area contributed by atoms with Crippen molar-refractivity contribution >= 4 is 29.1 Å². The van der Waals surface area contributed by atoms with Gasteiger partial charge in [-0.2, -0.15) is 0 Å². The Morgan fingerprint density at radius 3 is 2.64 bits per heavy atom. The molecule has 4 rings (SSSR count). The molecule has 1 saturated heterocycles. The number of aryl methyl sites for hydroxylation is 2. The normalized spacial score (nSPS) is 20.8. The zero-order valence-corrected chi connectivity index (χ0v) is 20.6. The van der Waals surface area contributed by atoms with Gasteiger partial charge in [0.25, 0.3) is 11.5 Å². The van der Waals surface area contributed by atoms with Gasteiger partial charge in [0.05, 0.1) is 35.4 Å². The van der Waals surface area contributed by atoms with E-state index >= 15 is 0 Å². The number of halogens is 2. The van der Waals surface area contributed by atoms with Crippen LogP contribution >= 0.6 is 23.2 Å². The summed E-state index contributed by atoms with van der Waals surface area (Å²) in [4.78, 5) is 30.3. The van der Waals surface area contributed by atoms with E-state index in [1.165, 1.54) is 0 Å². The van der Waals surface area contributed by atoms with E-state index in [9.17, 15) is 14.7 Å². The van der Waals surface area contributed by atoms with Crippen molar-refractivity contribution in [3.63, 3.8) is 0 Å². The number of ether oxygens (including phenoxy) is 2. The van der Waals surface area contributed by atoms with Gasteiger partial charge in [0, 0.05) is 35.3 Å². The SMILES string of the molecule is Cc1cc(C)c(CN2CCc3c(Cl)cc(O[C@H]4CO[C@@H](C(C)(C)O)C4)c(Cl)c3C2=O)c(=O)[nH]1. The number of hydrogen-bond acceptors (Lipinski definition) is 5. The van der Waals surface area contributed by atoms with Crippen LogP contribution in [0.25, 0.3) is 0 Å². The molecule has 1 aromatic carbocycles. The van der Waals surface area contributed by atoms with Gasteiger partial charge in [-0.25, -0.2) is 0 Å². The van der Waals surface area contributed by atoms with Crippen molar-refractivity contribution in [2.75, 3.05) is 13.2 Å². The summed E-state index contributed by atoms with van der Waals surface area (Å²) in [7, 11) is 0. The van der Waals surface area contributed by atoms with Gasteiger partial charge >= 0.3 is 0 Å². The lowest BCUT2D eigenvalue weighted by Gasteiger charge is -2.31. The number of hydrogen-bond donors (Lipinski definition) is 2. The van der Waals surface area contributed by atoms with Crippen LogP contribution in [0.5, 0.6) is 5.75 Å². The molecule has 0 bridgehead atoms. The van der Waals surface area contributed by atoms with E-state index in [-0.39, 0.29) is 35.2 Å². The van der Waals surface area contributed by atoms with E-state index in [2.05, 4.69) is 4.98 Å². The summed E-state index contributed by atoms with van der Waals surface area (Å²) in [5, 5.41) is 10.8. The molecule has 2 aromatic rings. The summed E-state index contributed by atoms with van der Waals surface area (Å²) < 4.78 is 11.7. The molecule has 2 N–H and O–H groups in total. The summed E-state index contributed by atoms with van der Waals surface area (Å²) >= 11 is 13.2. The minimum Gasteiger partial charge on any atom is -0.486 e. The standard InChI is InChI=1S/C24H28Cl2N2O5/c1-12-7-13(2)27-22(29)16(12)10-28-6-5-15-17(25)9-18(21(26)20(15)23(28)30)33-14-8-19(32-11-14)24(3,4)31/h7,9,14,19,31H,5-6,8,10-11H2,1-4H3,(H,27,29)/t14-,19-/m1/s1. The Morgan fingerprint density at radius 1 is 1.27 bits per heavy atom. The van der Waals surface area contributed by atoms with E-state index in [0.29, 0.717) is 53.5 Å². The monoisotopic (exact) mass is 494 g/mol. The van der Waals surface area contributed by atoms with Gasteiger partial charge in [0.2, 0.25) is 0 Å². The topological polar surface area (TPSA) is 91.9 Å². The van der Waals surface area contributed by atoms with Crippen LogP contribution in [0.2, 0.25) is 10.0 Å². The maximum Gasteiger partial charge on any atom is 0.256 e. The molecule has 2 atom stereocenters. The first-order valence-corrected chi connectivity index (χ1v) is 11.7. The number of benzene rings is 1. The zero-order valence-electron chi connectivity index (χ0n) is 19.1. The van der Waals surface area contributed by atoms with Gasteiger partial charge in [-0.3, -0.25) is 9.59 Å². The number of carbonyl (C=O) groups excluding carboxylic acids is 1. The first kappa shape index (κ1) is 24.1. The Labute approximate surface area is 202 Å². The van der Waals surface area contributed by atoms with Gasteiger partial charge in [-0.1, -0.05) is 23.2 Å². The maximum absolute atomic E-state index is 13.4. The van der Waals surface area contributed by atoms with Crippen molar-refractivity contribution < 1.29 is 19.4 Å². The number of nitrogens with one attached hydrogen (secondary N) is 1. The maximum atomic E-state index is 13.4. The molecule has 0 unspecified atom stereocenters. The molecule has 2 aliphatic rings. The first-order valence-electron chi connectivity index (χ1n) is 11.0. The fourth-order valence-electron chi connectivity index (χ4n) is 4.47. The Bertz CT molecular complexity index is 1160. The number of rotatable bonds is 5. The second kappa shape index (κ2) is 8.95. The molecule has 0 aliphatic carbocycles.